The lowest BCUT2D eigenvalue weighted by atomic mass is 9.95. The smallest absolute Gasteiger partial charge is 0.200 e. The van der Waals surface area contributed by atoms with E-state index >= 15 is 0 Å². The first kappa shape index (κ1) is 21.2. The molecule has 3 nitrogen and oxygen atoms in total. The number of benzene rings is 3. The van der Waals surface area contributed by atoms with E-state index in [2.05, 4.69) is 0 Å². The van der Waals surface area contributed by atoms with Crippen molar-refractivity contribution >= 4 is 0 Å². The van der Waals surface area contributed by atoms with Gasteiger partial charge in [-0.1, -0.05) is 42.5 Å². The molecular weight excluding hydrogens is 405 g/mol. The lowest BCUT2D eigenvalue weighted by molar-refractivity contribution is -0.159. The third-order valence-electron chi connectivity index (χ3n) is 5.31. The van der Waals surface area contributed by atoms with Crippen LogP contribution in [0, 0.1) is 17.5 Å². The highest BCUT2D eigenvalue weighted by Crippen LogP contribution is 2.32. The first-order valence-electron chi connectivity index (χ1n) is 9.91. The van der Waals surface area contributed by atoms with Gasteiger partial charge in [-0.05, 0) is 47.9 Å². The zero-order chi connectivity index (χ0) is 22.0. The zero-order valence-corrected chi connectivity index (χ0v) is 16.8. The van der Waals surface area contributed by atoms with Gasteiger partial charge in [-0.15, -0.1) is 0 Å². The molecule has 31 heavy (non-hydrogen) atoms. The second-order valence-electron chi connectivity index (χ2n) is 7.33. The number of aromatic hydroxyl groups is 1. The highest BCUT2D eigenvalue weighted by molar-refractivity contribution is 5.71. The van der Waals surface area contributed by atoms with Crippen molar-refractivity contribution in [3.05, 3.63) is 89.8 Å². The van der Waals surface area contributed by atoms with Crippen LogP contribution in [0.3, 0.4) is 0 Å². The van der Waals surface area contributed by atoms with Crippen molar-refractivity contribution in [1.82, 2.24) is 0 Å². The minimum atomic E-state index is -1.30. The van der Waals surface area contributed by atoms with Crippen molar-refractivity contribution in [2.24, 2.45) is 0 Å². The molecule has 0 aliphatic carbocycles. The van der Waals surface area contributed by atoms with Gasteiger partial charge in [0.05, 0.1) is 13.2 Å². The van der Waals surface area contributed by atoms with Crippen LogP contribution in [0.15, 0.2) is 66.7 Å². The molecular formula is C25H21F3O3. The van der Waals surface area contributed by atoms with Crippen LogP contribution in [-0.2, 0) is 9.47 Å². The molecule has 3 aromatic carbocycles. The molecule has 0 amide bonds. The van der Waals surface area contributed by atoms with E-state index in [1.54, 1.807) is 30.3 Å². The maximum absolute atomic E-state index is 14.8. The molecule has 0 atom stereocenters. The van der Waals surface area contributed by atoms with Crippen LogP contribution in [0.4, 0.5) is 13.2 Å². The summed E-state index contributed by atoms with van der Waals surface area (Å²) < 4.78 is 53.8. The lowest BCUT2D eigenvalue weighted by Crippen LogP contribution is -2.29. The summed E-state index contributed by atoms with van der Waals surface area (Å²) in [6.45, 7) is 2.77. The molecule has 0 saturated carbocycles. The molecule has 0 aromatic heterocycles. The molecule has 160 valence electrons. The number of halogens is 3. The molecule has 0 spiro atoms. The summed E-state index contributed by atoms with van der Waals surface area (Å²) >= 11 is 0. The molecule has 1 heterocycles. The molecule has 1 saturated heterocycles. The number of ether oxygens (including phenoxy) is 2. The van der Waals surface area contributed by atoms with E-state index in [1.165, 1.54) is 12.1 Å². The monoisotopic (exact) mass is 426 g/mol. The van der Waals surface area contributed by atoms with Gasteiger partial charge in [-0.3, -0.25) is 0 Å². The van der Waals surface area contributed by atoms with E-state index in [-0.39, 0.29) is 23.6 Å². The van der Waals surface area contributed by atoms with Crippen molar-refractivity contribution in [3.63, 3.8) is 0 Å². The average molecular weight is 426 g/mol. The van der Waals surface area contributed by atoms with Gasteiger partial charge in [-0.25, -0.2) is 8.78 Å². The fourth-order valence-electron chi connectivity index (χ4n) is 3.59. The van der Waals surface area contributed by atoms with Crippen molar-refractivity contribution in [2.75, 3.05) is 13.2 Å². The van der Waals surface area contributed by atoms with E-state index < -0.39 is 17.4 Å². The molecule has 3 aromatic rings. The summed E-state index contributed by atoms with van der Waals surface area (Å²) in [5.41, 5.74) is 2.24. The molecule has 6 heteroatoms. The molecule has 1 fully saturated rings. The Labute approximate surface area is 178 Å². The zero-order valence-electron chi connectivity index (χ0n) is 16.8. The normalized spacial score (nSPS) is 19.1. The minimum Gasteiger partial charge on any atom is -0.505 e. The van der Waals surface area contributed by atoms with Crippen LogP contribution in [0.2, 0.25) is 0 Å². The highest BCUT2D eigenvalue weighted by Gasteiger charge is 2.23. The van der Waals surface area contributed by atoms with Crippen molar-refractivity contribution in [3.8, 4) is 28.0 Å². The molecule has 0 radical (unpaired) electrons. The number of phenolic OH excluding ortho intramolecular Hbond substituents is 1. The van der Waals surface area contributed by atoms with Gasteiger partial charge in [0, 0.05) is 17.0 Å². The van der Waals surface area contributed by atoms with Gasteiger partial charge in [0.1, 0.15) is 5.82 Å². The third kappa shape index (κ3) is 4.36. The Hall–Kier alpha value is -3.09. The number of hydrogen-bond donors (Lipinski definition) is 1. The van der Waals surface area contributed by atoms with E-state index in [4.69, 9.17) is 9.47 Å². The Bertz CT molecular complexity index is 1100. The molecule has 1 aliphatic rings. The maximum atomic E-state index is 14.8. The van der Waals surface area contributed by atoms with E-state index in [1.807, 2.05) is 25.1 Å². The summed E-state index contributed by atoms with van der Waals surface area (Å²) in [6.07, 6.45) is 3.31. The van der Waals surface area contributed by atoms with Gasteiger partial charge in [0.25, 0.3) is 0 Å². The molecule has 0 bridgehead atoms. The van der Waals surface area contributed by atoms with Crippen LogP contribution in [-0.4, -0.2) is 24.6 Å². The van der Waals surface area contributed by atoms with Crippen molar-refractivity contribution in [1.29, 1.82) is 0 Å². The van der Waals surface area contributed by atoms with Crippen LogP contribution in [0.5, 0.6) is 5.75 Å². The van der Waals surface area contributed by atoms with E-state index in [9.17, 15) is 18.3 Å². The largest absolute Gasteiger partial charge is 0.505 e. The third-order valence-corrected chi connectivity index (χ3v) is 5.31. The predicted octanol–water partition coefficient (Wildman–Crippen LogP) is 6.18. The quantitative estimate of drug-likeness (QED) is 0.507. The van der Waals surface area contributed by atoms with Gasteiger partial charge in [0.15, 0.2) is 17.9 Å². The van der Waals surface area contributed by atoms with Gasteiger partial charge in [0.2, 0.25) is 5.82 Å². The highest BCUT2D eigenvalue weighted by atomic mass is 19.2. The summed E-state index contributed by atoms with van der Waals surface area (Å²) in [5.74, 6) is -3.61. The summed E-state index contributed by atoms with van der Waals surface area (Å²) in [5, 5.41) is 9.27. The predicted molar refractivity (Wildman–Crippen MR) is 112 cm³/mol. The standard InChI is InChI=1S/C25H21F3O3/c1-2-3-23-30-13-18(14-31-23)17-8-9-19(21(26)12-17)15-4-6-16(7-5-15)20-10-11-22(29)25(28)24(20)27/h2-12,18,23,29H,13-14H2,1H3/b3-2+. The Morgan fingerprint density at radius 1 is 0.839 bits per heavy atom. The van der Waals surface area contributed by atoms with E-state index in [0.717, 1.165) is 11.6 Å². The van der Waals surface area contributed by atoms with Crippen LogP contribution >= 0.6 is 0 Å². The lowest BCUT2D eigenvalue weighted by Gasteiger charge is -2.28. The SMILES string of the molecule is C/C=C/C1OCC(c2ccc(-c3ccc(-c4ccc(O)c(F)c4F)cc3)c(F)c2)CO1. The molecule has 4 rings (SSSR count). The Balaban J connectivity index is 1.53. The summed E-state index contributed by atoms with van der Waals surface area (Å²) in [4.78, 5) is 0. The second-order valence-corrected chi connectivity index (χ2v) is 7.33. The first-order valence-corrected chi connectivity index (χ1v) is 9.91. The maximum Gasteiger partial charge on any atom is 0.200 e. The molecule has 1 N–H and O–H groups in total. The average Bonchev–Trinajstić information content (AvgIpc) is 2.79. The minimum absolute atomic E-state index is 0.0196. The number of rotatable bonds is 4. The van der Waals surface area contributed by atoms with E-state index in [0.29, 0.717) is 29.9 Å². The van der Waals surface area contributed by atoms with Crippen LogP contribution < -0.4 is 0 Å². The number of phenols is 1. The van der Waals surface area contributed by atoms with Gasteiger partial charge in [-0.2, -0.15) is 4.39 Å². The molecule has 1 aliphatic heterocycles. The Morgan fingerprint density at radius 2 is 1.45 bits per heavy atom. The first-order chi connectivity index (χ1) is 15.0. The Morgan fingerprint density at radius 3 is 2.06 bits per heavy atom. The topological polar surface area (TPSA) is 38.7 Å². The summed E-state index contributed by atoms with van der Waals surface area (Å²) in [7, 11) is 0. The fraction of sp³-hybridized carbons (Fsp3) is 0.200. The van der Waals surface area contributed by atoms with Gasteiger partial charge < -0.3 is 14.6 Å². The van der Waals surface area contributed by atoms with Crippen LogP contribution in [0.1, 0.15) is 18.4 Å². The van der Waals surface area contributed by atoms with Crippen LogP contribution in [0.25, 0.3) is 22.3 Å². The Kier molecular flexibility index (Phi) is 6.11. The number of allylic oxidation sites excluding steroid dienone is 1. The summed E-state index contributed by atoms with van der Waals surface area (Å²) in [6, 6.07) is 13.9. The van der Waals surface area contributed by atoms with Gasteiger partial charge >= 0.3 is 0 Å². The van der Waals surface area contributed by atoms with Crippen molar-refractivity contribution < 1.29 is 27.8 Å². The van der Waals surface area contributed by atoms with Crippen molar-refractivity contribution in [2.45, 2.75) is 19.1 Å². The number of hydrogen-bond acceptors (Lipinski definition) is 3. The fourth-order valence-corrected chi connectivity index (χ4v) is 3.59. The second kappa shape index (κ2) is 8.96. The molecule has 0 unspecified atom stereocenters.